The van der Waals surface area contributed by atoms with Gasteiger partial charge in [0.05, 0.1) is 0 Å². The number of fused-ring (bicyclic) bond motifs is 1. The number of hydrogen-bond donors (Lipinski definition) is 1. The van der Waals surface area contributed by atoms with Crippen molar-refractivity contribution in [1.82, 2.24) is 5.32 Å². The molecule has 2 unspecified atom stereocenters. The lowest BCUT2D eigenvalue weighted by atomic mass is 9.92. The summed E-state index contributed by atoms with van der Waals surface area (Å²) in [4.78, 5) is 0. The van der Waals surface area contributed by atoms with Crippen molar-refractivity contribution < 1.29 is 10.6 Å². The summed E-state index contributed by atoms with van der Waals surface area (Å²) in [5.41, 5.74) is 5.78. The summed E-state index contributed by atoms with van der Waals surface area (Å²) >= 11 is 0. The van der Waals surface area contributed by atoms with Crippen LogP contribution in [0.25, 0.3) is 5.57 Å². The number of nitrogens with one attached hydrogen (secondary N) is 1. The Morgan fingerprint density at radius 1 is 1.21 bits per heavy atom. The van der Waals surface area contributed by atoms with Crippen LogP contribution in [0.5, 0.6) is 5.75 Å². The molecule has 1 aliphatic rings. The van der Waals surface area contributed by atoms with Crippen molar-refractivity contribution in [3.63, 3.8) is 0 Å². The largest absolute Gasteiger partial charge is 0.470 e. The van der Waals surface area contributed by atoms with E-state index in [2.05, 4.69) is 31.5 Å². The number of aryl methyl sites for hydroxylation is 1. The summed E-state index contributed by atoms with van der Waals surface area (Å²) < 4.78 is 19.3. The summed E-state index contributed by atoms with van der Waals surface area (Å²) in [6.07, 6.45) is -0.103. The van der Waals surface area contributed by atoms with E-state index in [1.54, 1.807) is 6.07 Å². The third kappa shape index (κ3) is 2.94. The molecule has 126 valence electrons. The van der Waals surface area contributed by atoms with E-state index >= 15 is 0 Å². The van der Waals surface area contributed by atoms with Gasteiger partial charge in [-0.2, -0.15) is 0 Å². The number of allylic oxidation sites excluding steroid dienone is 1. The predicted octanol–water partition coefficient (Wildman–Crippen LogP) is 5.39. The van der Waals surface area contributed by atoms with E-state index < -0.39 is 0 Å². The molecule has 24 heavy (non-hydrogen) atoms. The minimum absolute atomic E-state index is 0. The SMILES string of the molecule is C=C(C)NC1Oc2ccc(C(=C)c3ccc(F)cc3C)cc2C1C.[HH]. The van der Waals surface area contributed by atoms with Crippen LogP contribution in [0.15, 0.2) is 55.3 Å². The third-order valence-electron chi connectivity index (χ3n) is 4.46. The molecule has 0 fully saturated rings. The molecule has 2 atom stereocenters. The molecule has 0 bridgehead atoms. The molecule has 3 heteroatoms. The summed E-state index contributed by atoms with van der Waals surface area (Å²) in [7, 11) is 0. The van der Waals surface area contributed by atoms with Crippen LogP contribution >= 0.6 is 0 Å². The smallest absolute Gasteiger partial charge is 0.176 e. The first-order valence-corrected chi connectivity index (χ1v) is 8.05. The molecule has 2 aromatic carbocycles. The average Bonchev–Trinajstić information content (AvgIpc) is 2.82. The molecule has 2 nitrogen and oxygen atoms in total. The van der Waals surface area contributed by atoms with Gasteiger partial charge in [0.2, 0.25) is 0 Å². The lowest BCUT2D eigenvalue weighted by molar-refractivity contribution is 0.184. The van der Waals surface area contributed by atoms with E-state index in [0.29, 0.717) is 0 Å². The molecule has 0 saturated heterocycles. The summed E-state index contributed by atoms with van der Waals surface area (Å²) in [5.74, 6) is 0.862. The molecule has 0 radical (unpaired) electrons. The summed E-state index contributed by atoms with van der Waals surface area (Å²) in [6.45, 7) is 14.0. The van der Waals surface area contributed by atoms with Crippen LogP contribution in [-0.4, -0.2) is 6.23 Å². The quantitative estimate of drug-likeness (QED) is 0.814. The number of halogens is 1. The van der Waals surface area contributed by atoms with Crippen LogP contribution in [0.3, 0.4) is 0 Å². The Bertz CT molecular complexity index is 831. The Labute approximate surface area is 144 Å². The zero-order chi connectivity index (χ0) is 17.4. The highest BCUT2D eigenvalue weighted by Crippen LogP contribution is 2.39. The highest BCUT2D eigenvalue weighted by molar-refractivity contribution is 5.80. The van der Waals surface area contributed by atoms with E-state index in [0.717, 1.165) is 39.3 Å². The molecular formula is C21H24FNO. The van der Waals surface area contributed by atoms with Crippen molar-refractivity contribution in [2.75, 3.05) is 0 Å². The first-order chi connectivity index (χ1) is 11.4. The van der Waals surface area contributed by atoms with Crippen LogP contribution in [-0.2, 0) is 0 Å². The fourth-order valence-electron chi connectivity index (χ4n) is 3.12. The minimum atomic E-state index is -0.228. The maximum atomic E-state index is 13.3. The lowest BCUT2D eigenvalue weighted by Gasteiger charge is -2.18. The Hall–Kier alpha value is -2.55. The van der Waals surface area contributed by atoms with Crippen molar-refractivity contribution >= 4 is 5.57 Å². The fraction of sp³-hybridized carbons (Fsp3) is 0.238. The second kappa shape index (κ2) is 6.16. The Morgan fingerprint density at radius 2 is 1.96 bits per heavy atom. The second-order valence-corrected chi connectivity index (χ2v) is 6.44. The molecule has 1 aliphatic heterocycles. The fourth-order valence-corrected chi connectivity index (χ4v) is 3.12. The number of ether oxygens (including phenoxy) is 1. The number of rotatable bonds is 4. The molecule has 0 aliphatic carbocycles. The Morgan fingerprint density at radius 3 is 2.62 bits per heavy atom. The zero-order valence-electron chi connectivity index (χ0n) is 14.3. The first kappa shape index (κ1) is 16.3. The van der Waals surface area contributed by atoms with Crippen LogP contribution in [0.2, 0.25) is 0 Å². The van der Waals surface area contributed by atoms with Gasteiger partial charge in [-0.25, -0.2) is 4.39 Å². The van der Waals surface area contributed by atoms with Crippen molar-refractivity contribution in [3.05, 3.63) is 83.3 Å². The van der Waals surface area contributed by atoms with Gasteiger partial charge in [0.25, 0.3) is 0 Å². The van der Waals surface area contributed by atoms with Gasteiger partial charge in [0.15, 0.2) is 6.23 Å². The van der Waals surface area contributed by atoms with E-state index in [9.17, 15) is 4.39 Å². The Kier molecular flexibility index (Phi) is 4.18. The standard InChI is InChI=1S/C21H22FNO.H2/c1-12(2)23-21-15(5)19-11-16(6-9-20(19)24-21)14(4)18-8-7-17(22)10-13(18)3;/h6-11,15,21,23H,1,4H2,2-3,5H3;1H. The summed E-state index contributed by atoms with van der Waals surface area (Å²) in [5, 5.41) is 3.25. The number of hydrogen-bond acceptors (Lipinski definition) is 2. The molecular weight excluding hydrogens is 301 g/mol. The van der Waals surface area contributed by atoms with Gasteiger partial charge in [-0.05, 0) is 60.4 Å². The van der Waals surface area contributed by atoms with Gasteiger partial charge in [-0.15, -0.1) is 0 Å². The second-order valence-electron chi connectivity index (χ2n) is 6.44. The van der Waals surface area contributed by atoms with Crippen molar-refractivity contribution in [1.29, 1.82) is 0 Å². The molecule has 1 heterocycles. The molecule has 0 aromatic heterocycles. The van der Waals surface area contributed by atoms with Gasteiger partial charge in [0, 0.05) is 18.6 Å². The summed E-state index contributed by atoms with van der Waals surface area (Å²) in [6, 6.07) is 10.9. The normalized spacial score (nSPS) is 18.7. The van der Waals surface area contributed by atoms with Crippen molar-refractivity contribution in [3.8, 4) is 5.75 Å². The molecule has 2 aromatic rings. The van der Waals surface area contributed by atoms with Gasteiger partial charge in [-0.3, -0.25) is 0 Å². The first-order valence-electron chi connectivity index (χ1n) is 8.05. The van der Waals surface area contributed by atoms with E-state index in [4.69, 9.17) is 4.74 Å². The third-order valence-corrected chi connectivity index (χ3v) is 4.46. The average molecular weight is 325 g/mol. The van der Waals surface area contributed by atoms with Crippen LogP contribution < -0.4 is 10.1 Å². The molecule has 3 rings (SSSR count). The maximum absolute atomic E-state index is 13.3. The zero-order valence-corrected chi connectivity index (χ0v) is 14.3. The van der Waals surface area contributed by atoms with E-state index in [-0.39, 0.29) is 19.4 Å². The molecule has 0 amide bonds. The predicted molar refractivity (Wildman–Crippen MR) is 98.6 cm³/mol. The topological polar surface area (TPSA) is 21.3 Å². The van der Waals surface area contributed by atoms with Gasteiger partial charge in [0.1, 0.15) is 11.6 Å². The highest BCUT2D eigenvalue weighted by Gasteiger charge is 2.31. The van der Waals surface area contributed by atoms with Gasteiger partial charge < -0.3 is 10.1 Å². The Balaban J connectivity index is 0.00000225. The van der Waals surface area contributed by atoms with Crippen LogP contribution in [0, 0.1) is 12.7 Å². The van der Waals surface area contributed by atoms with E-state index in [1.807, 2.05) is 26.0 Å². The van der Waals surface area contributed by atoms with E-state index in [1.165, 1.54) is 12.1 Å². The van der Waals surface area contributed by atoms with Gasteiger partial charge >= 0.3 is 0 Å². The minimum Gasteiger partial charge on any atom is -0.470 e. The maximum Gasteiger partial charge on any atom is 0.176 e. The van der Waals surface area contributed by atoms with Crippen LogP contribution in [0.4, 0.5) is 4.39 Å². The van der Waals surface area contributed by atoms with Crippen molar-refractivity contribution in [2.24, 2.45) is 0 Å². The monoisotopic (exact) mass is 325 g/mol. The molecule has 0 saturated carbocycles. The molecule has 1 N–H and O–H groups in total. The van der Waals surface area contributed by atoms with Gasteiger partial charge in [-0.1, -0.05) is 32.2 Å². The van der Waals surface area contributed by atoms with Crippen molar-refractivity contribution in [2.45, 2.75) is 32.9 Å². The van der Waals surface area contributed by atoms with Crippen LogP contribution in [0.1, 0.15) is 43.4 Å². The molecule has 0 spiro atoms. The lowest BCUT2D eigenvalue weighted by Crippen LogP contribution is -2.33. The highest BCUT2D eigenvalue weighted by atomic mass is 19.1. The number of benzene rings is 2.